The number of aromatic nitrogens is 3. The minimum absolute atomic E-state index is 0.0375. The van der Waals surface area contributed by atoms with E-state index in [1.807, 2.05) is 0 Å². The maximum atomic E-state index is 13.0. The van der Waals surface area contributed by atoms with Crippen molar-refractivity contribution >= 4 is 5.91 Å². The smallest absolute Gasteiger partial charge is 0.293 e. The molecule has 0 aliphatic carbocycles. The highest BCUT2D eigenvalue weighted by atomic mass is 19.1. The van der Waals surface area contributed by atoms with Gasteiger partial charge in [0.15, 0.2) is 0 Å². The fraction of sp³-hybridized carbons (Fsp3) is 0.438. The number of hydrogen-bond donors (Lipinski definition) is 1. The summed E-state index contributed by atoms with van der Waals surface area (Å²) in [5.41, 5.74) is 6.41. The molecule has 7 heteroatoms. The second-order valence-corrected chi connectivity index (χ2v) is 6.36. The molecule has 2 N–H and O–H groups in total. The Hall–Kier alpha value is -2.28. The number of benzene rings is 1. The Labute approximate surface area is 134 Å². The van der Waals surface area contributed by atoms with Crippen LogP contribution in [0.15, 0.2) is 24.3 Å². The molecule has 1 aliphatic rings. The lowest BCUT2D eigenvalue weighted by atomic mass is 9.90. The van der Waals surface area contributed by atoms with Crippen molar-refractivity contribution in [1.29, 1.82) is 0 Å². The van der Waals surface area contributed by atoms with Crippen molar-refractivity contribution in [3.8, 4) is 5.69 Å². The van der Waals surface area contributed by atoms with Gasteiger partial charge in [0.05, 0.1) is 5.69 Å². The van der Waals surface area contributed by atoms with Crippen molar-refractivity contribution in [3.05, 3.63) is 41.7 Å². The molecule has 1 atom stereocenters. The standard InChI is InChI=1S/C16H20FN5O/c1-11-19-14(15(23)21-8-7-16(2,9-18)10-21)20-22(11)13-5-3-12(17)4-6-13/h3-6H,7-10,18H2,1-2H3. The fourth-order valence-corrected chi connectivity index (χ4v) is 2.81. The molecule has 0 spiro atoms. The largest absolute Gasteiger partial charge is 0.335 e. The number of likely N-dealkylation sites (tertiary alicyclic amines) is 1. The number of nitrogens with zero attached hydrogens (tertiary/aromatic N) is 4. The minimum Gasteiger partial charge on any atom is -0.335 e. The molecule has 1 aliphatic heterocycles. The van der Waals surface area contributed by atoms with Crippen LogP contribution in [0.3, 0.4) is 0 Å². The van der Waals surface area contributed by atoms with Gasteiger partial charge in [0.1, 0.15) is 11.6 Å². The van der Waals surface area contributed by atoms with E-state index in [2.05, 4.69) is 17.0 Å². The Morgan fingerprint density at radius 1 is 1.39 bits per heavy atom. The summed E-state index contributed by atoms with van der Waals surface area (Å²) in [6.45, 7) is 5.67. The van der Waals surface area contributed by atoms with Crippen LogP contribution in [0.1, 0.15) is 29.8 Å². The first kappa shape index (κ1) is 15.6. The lowest BCUT2D eigenvalue weighted by Gasteiger charge is -2.21. The third-order valence-electron chi connectivity index (χ3n) is 4.37. The van der Waals surface area contributed by atoms with Gasteiger partial charge in [-0.05, 0) is 49.6 Å². The number of aryl methyl sites for hydroxylation is 1. The summed E-state index contributed by atoms with van der Waals surface area (Å²) in [6, 6.07) is 5.91. The van der Waals surface area contributed by atoms with E-state index in [4.69, 9.17) is 5.73 Å². The van der Waals surface area contributed by atoms with Crippen molar-refractivity contribution in [3.63, 3.8) is 0 Å². The van der Waals surface area contributed by atoms with Crippen LogP contribution in [-0.2, 0) is 0 Å². The van der Waals surface area contributed by atoms with Gasteiger partial charge in [0.2, 0.25) is 5.82 Å². The Balaban J connectivity index is 1.83. The Bertz CT molecular complexity index is 727. The molecule has 1 aromatic heterocycles. The molecule has 1 saturated heterocycles. The molecule has 1 amide bonds. The summed E-state index contributed by atoms with van der Waals surface area (Å²) in [6.07, 6.45) is 0.882. The van der Waals surface area contributed by atoms with Crippen molar-refractivity contribution in [1.82, 2.24) is 19.7 Å². The number of nitrogens with two attached hydrogens (primary N) is 1. The van der Waals surface area contributed by atoms with E-state index in [9.17, 15) is 9.18 Å². The van der Waals surface area contributed by atoms with E-state index in [0.717, 1.165) is 6.42 Å². The molecule has 1 aromatic carbocycles. The zero-order valence-electron chi connectivity index (χ0n) is 13.3. The zero-order valence-corrected chi connectivity index (χ0v) is 13.3. The first-order valence-electron chi connectivity index (χ1n) is 7.61. The van der Waals surface area contributed by atoms with Crippen LogP contribution in [-0.4, -0.2) is 45.2 Å². The van der Waals surface area contributed by atoms with Gasteiger partial charge in [-0.2, -0.15) is 0 Å². The van der Waals surface area contributed by atoms with Crippen LogP contribution in [0.5, 0.6) is 0 Å². The van der Waals surface area contributed by atoms with E-state index < -0.39 is 0 Å². The number of rotatable bonds is 3. The highest BCUT2D eigenvalue weighted by Crippen LogP contribution is 2.29. The molecule has 23 heavy (non-hydrogen) atoms. The summed E-state index contributed by atoms with van der Waals surface area (Å²) in [4.78, 5) is 18.6. The third kappa shape index (κ3) is 2.96. The summed E-state index contributed by atoms with van der Waals surface area (Å²) < 4.78 is 14.6. The average Bonchev–Trinajstić information content (AvgIpc) is 3.12. The topological polar surface area (TPSA) is 77.0 Å². The highest BCUT2D eigenvalue weighted by molar-refractivity contribution is 5.90. The van der Waals surface area contributed by atoms with Crippen molar-refractivity contribution < 1.29 is 9.18 Å². The Kier molecular flexibility index (Phi) is 3.89. The SMILES string of the molecule is Cc1nc(C(=O)N2CCC(C)(CN)C2)nn1-c1ccc(F)cc1. The van der Waals surface area contributed by atoms with Gasteiger partial charge in [-0.15, -0.1) is 5.10 Å². The number of carbonyl (C=O) groups excluding carboxylic acids is 1. The van der Waals surface area contributed by atoms with Crippen LogP contribution in [0.2, 0.25) is 0 Å². The minimum atomic E-state index is -0.319. The molecule has 0 radical (unpaired) electrons. The molecule has 1 unspecified atom stereocenters. The van der Waals surface area contributed by atoms with Crippen molar-refractivity contribution in [2.24, 2.45) is 11.1 Å². The summed E-state index contributed by atoms with van der Waals surface area (Å²) in [5, 5.41) is 4.29. The maximum Gasteiger partial charge on any atom is 0.293 e. The number of halogens is 1. The summed E-state index contributed by atoms with van der Waals surface area (Å²) in [5.74, 6) is 0.237. The monoisotopic (exact) mass is 317 g/mol. The predicted octanol–water partition coefficient (Wildman–Crippen LogP) is 1.53. The van der Waals surface area contributed by atoms with E-state index in [1.165, 1.54) is 12.1 Å². The number of amides is 1. The van der Waals surface area contributed by atoms with Gasteiger partial charge in [-0.25, -0.2) is 14.1 Å². The molecule has 0 saturated carbocycles. The van der Waals surface area contributed by atoms with Crippen LogP contribution >= 0.6 is 0 Å². The third-order valence-corrected chi connectivity index (χ3v) is 4.37. The first-order valence-corrected chi connectivity index (χ1v) is 7.61. The quantitative estimate of drug-likeness (QED) is 0.931. The molecule has 3 rings (SSSR count). The van der Waals surface area contributed by atoms with Gasteiger partial charge in [0, 0.05) is 13.1 Å². The second-order valence-electron chi connectivity index (χ2n) is 6.36. The van der Waals surface area contributed by atoms with Crippen molar-refractivity contribution in [2.75, 3.05) is 19.6 Å². The summed E-state index contributed by atoms with van der Waals surface area (Å²) >= 11 is 0. The molecule has 122 valence electrons. The van der Waals surface area contributed by atoms with Crippen LogP contribution in [0.4, 0.5) is 4.39 Å². The Morgan fingerprint density at radius 3 is 2.70 bits per heavy atom. The van der Waals surface area contributed by atoms with Gasteiger partial charge in [-0.3, -0.25) is 4.79 Å². The lowest BCUT2D eigenvalue weighted by molar-refractivity contribution is 0.0765. The zero-order chi connectivity index (χ0) is 16.6. The van der Waals surface area contributed by atoms with E-state index in [0.29, 0.717) is 31.1 Å². The fourth-order valence-electron chi connectivity index (χ4n) is 2.81. The normalized spacial score (nSPS) is 21.0. The molecular weight excluding hydrogens is 297 g/mol. The molecule has 2 heterocycles. The summed E-state index contributed by atoms with van der Waals surface area (Å²) in [7, 11) is 0. The number of carbonyl (C=O) groups is 1. The van der Waals surface area contributed by atoms with Crippen molar-refractivity contribution in [2.45, 2.75) is 20.3 Å². The van der Waals surface area contributed by atoms with Gasteiger partial charge in [0.25, 0.3) is 5.91 Å². The first-order chi connectivity index (χ1) is 10.9. The molecule has 0 bridgehead atoms. The van der Waals surface area contributed by atoms with Crippen LogP contribution < -0.4 is 5.73 Å². The lowest BCUT2D eigenvalue weighted by Crippen LogP contribution is -2.35. The average molecular weight is 317 g/mol. The van der Waals surface area contributed by atoms with Crippen LogP contribution in [0, 0.1) is 18.2 Å². The van der Waals surface area contributed by atoms with E-state index >= 15 is 0 Å². The molecule has 2 aromatic rings. The Morgan fingerprint density at radius 2 is 2.09 bits per heavy atom. The van der Waals surface area contributed by atoms with Gasteiger partial charge < -0.3 is 10.6 Å². The van der Waals surface area contributed by atoms with Gasteiger partial charge in [-0.1, -0.05) is 6.92 Å². The molecular formula is C16H20FN5O. The molecule has 6 nitrogen and oxygen atoms in total. The van der Waals surface area contributed by atoms with E-state index in [1.54, 1.807) is 28.6 Å². The van der Waals surface area contributed by atoms with Crippen LogP contribution in [0.25, 0.3) is 5.69 Å². The molecule has 1 fully saturated rings. The number of hydrogen-bond acceptors (Lipinski definition) is 4. The van der Waals surface area contributed by atoms with Gasteiger partial charge >= 0.3 is 0 Å². The highest BCUT2D eigenvalue weighted by Gasteiger charge is 2.36. The predicted molar refractivity (Wildman–Crippen MR) is 83.7 cm³/mol. The maximum absolute atomic E-state index is 13.0. The second kappa shape index (κ2) is 5.73. The van der Waals surface area contributed by atoms with E-state index in [-0.39, 0.29) is 23.0 Å².